The molecule has 6 nitrogen and oxygen atoms in total. The molecule has 0 N–H and O–H groups in total. The predicted molar refractivity (Wildman–Crippen MR) is 148 cm³/mol. The molecule has 0 fully saturated rings. The molecule has 0 saturated heterocycles. The second kappa shape index (κ2) is 10.8. The molecule has 1 amide bonds. The topological polar surface area (TPSA) is 69.0 Å². The predicted octanol–water partition coefficient (Wildman–Crippen LogP) is 7.27. The summed E-state index contributed by atoms with van der Waals surface area (Å²) in [6, 6.07) is 19.5. The van der Waals surface area contributed by atoms with E-state index < -0.39 is 6.04 Å². The van der Waals surface area contributed by atoms with Crippen molar-refractivity contribution >= 4 is 38.5 Å². The fourth-order valence-corrected chi connectivity index (χ4v) is 5.05. The summed E-state index contributed by atoms with van der Waals surface area (Å²) >= 11 is 3.44. The molecule has 37 heavy (non-hydrogen) atoms. The van der Waals surface area contributed by atoms with Gasteiger partial charge in [0.05, 0.1) is 30.2 Å². The lowest BCUT2D eigenvalue weighted by molar-refractivity contribution is 0.0971. The van der Waals surface area contributed by atoms with Crippen LogP contribution in [0, 0.1) is 0 Å². The second-order valence-electron chi connectivity index (χ2n) is 8.94. The Hall–Kier alpha value is -3.58. The van der Waals surface area contributed by atoms with Gasteiger partial charge in [-0.3, -0.25) is 14.5 Å². The van der Waals surface area contributed by atoms with Gasteiger partial charge in [0.1, 0.15) is 17.1 Å². The lowest BCUT2D eigenvalue weighted by atomic mass is 9.98. The fraction of sp³-hybridized carbons (Fsp3) is 0.267. The third-order valence-corrected chi connectivity index (χ3v) is 6.96. The van der Waals surface area contributed by atoms with Gasteiger partial charge in [0, 0.05) is 10.2 Å². The van der Waals surface area contributed by atoms with Crippen LogP contribution in [0.15, 0.2) is 80.4 Å². The number of anilines is 1. The number of fused-ring (bicyclic) bond motifs is 2. The maximum atomic E-state index is 13.8. The van der Waals surface area contributed by atoms with E-state index >= 15 is 0 Å². The number of carbonyl (C=O) groups is 1. The van der Waals surface area contributed by atoms with Crippen molar-refractivity contribution in [3.8, 4) is 11.5 Å². The summed E-state index contributed by atoms with van der Waals surface area (Å²) < 4.78 is 18.3. The fourth-order valence-electron chi connectivity index (χ4n) is 4.68. The first-order valence-corrected chi connectivity index (χ1v) is 13.4. The molecule has 0 bridgehead atoms. The van der Waals surface area contributed by atoms with E-state index in [4.69, 9.17) is 13.9 Å². The molecule has 4 aromatic rings. The number of carbonyl (C=O) groups excluding carboxylic acids is 1. The van der Waals surface area contributed by atoms with Gasteiger partial charge in [0.2, 0.25) is 5.76 Å². The molecule has 0 aliphatic carbocycles. The van der Waals surface area contributed by atoms with Crippen molar-refractivity contribution in [2.45, 2.75) is 39.2 Å². The molecule has 7 heteroatoms. The van der Waals surface area contributed by atoms with Crippen molar-refractivity contribution in [1.82, 2.24) is 0 Å². The number of ether oxygens (including phenoxy) is 2. The van der Waals surface area contributed by atoms with Crippen molar-refractivity contribution in [3.05, 3.63) is 98.3 Å². The van der Waals surface area contributed by atoms with Crippen LogP contribution in [0.25, 0.3) is 11.0 Å². The third-order valence-electron chi connectivity index (χ3n) is 6.47. The van der Waals surface area contributed by atoms with Gasteiger partial charge in [-0.2, -0.15) is 0 Å². The van der Waals surface area contributed by atoms with E-state index in [1.807, 2.05) is 55.5 Å². The van der Waals surface area contributed by atoms with Gasteiger partial charge < -0.3 is 13.9 Å². The minimum atomic E-state index is -0.644. The highest BCUT2D eigenvalue weighted by molar-refractivity contribution is 9.10. The lowest BCUT2D eigenvalue weighted by Crippen LogP contribution is -2.29. The highest BCUT2D eigenvalue weighted by Gasteiger charge is 2.43. The van der Waals surface area contributed by atoms with Crippen molar-refractivity contribution in [3.63, 3.8) is 0 Å². The zero-order valence-corrected chi connectivity index (χ0v) is 22.4. The Kier molecular flexibility index (Phi) is 7.33. The Morgan fingerprint density at radius 1 is 0.892 bits per heavy atom. The van der Waals surface area contributed by atoms with Gasteiger partial charge in [-0.1, -0.05) is 47.8 Å². The third kappa shape index (κ3) is 4.88. The average Bonchev–Trinajstić information content (AvgIpc) is 3.20. The zero-order chi connectivity index (χ0) is 25.9. The highest BCUT2D eigenvalue weighted by Crippen LogP contribution is 2.42. The highest BCUT2D eigenvalue weighted by atomic mass is 79.9. The molecule has 1 aromatic heterocycles. The summed E-state index contributed by atoms with van der Waals surface area (Å²) in [6.45, 7) is 5.27. The number of halogens is 1. The number of nitrogens with zero attached hydrogens (tertiary/aromatic N) is 1. The van der Waals surface area contributed by atoms with Crippen LogP contribution in [0.2, 0.25) is 0 Å². The number of unbranched alkanes of at least 4 members (excludes halogenated alkanes) is 2. The van der Waals surface area contributed by atoms with Gasteiger partial charge in [-0.15, -0.1) is 0 Å². The molecule has 190 valence electrons. The summed E-state index contributed by atoms with van der Waals surface area (Å²) in [4.78, 5) is 29.2. The quantitative estimate of drug-likeness (QED) is 0.201. The van der Waals surface area contributed by atoms with Gasteiger partial charge in [0.25, 0.3) is 5.91 Å². The maximum absolute atomic E-state index is 13.8. The monoisotopic (exact) mass is 561 g/mol. The Balaban J connectivity index is 1.60. The number of hydrogen-bond acceptors (Lipinski definition) is 5. The molecule has 1 aliphatic rings. The summed E-state index contributed by atoms with van der Waals surface area (Å²) in [5.41, 5.74) is 1.94. The molecule has 5 rings (SSSR count). The maximum Gasteiger partial charge on any atom is 0.295 e. The number of benzene rings is 3. The van der Waals surface area contributed by atoms with E-state index in [1.54, 1.807) is 23.1 Å². The van der Waals surface area contributed by atoms with E-state index in [1.165, 1.54) is 0 Å². The van der Waals surface area contributed by atoms with Crippen LogP contribution in [0.1, 0.15) is 60.8 Å². The Morgan fingerprint density at radius 2 is 1.59 bits per heavy atom. The van der Waals surface area contributed by atoms with E-state index in [-0.39, 0.29) is 17.1 Å². The smallest absolute Gasteiger partial charge is 0.295 e. The van der Waals surface area contributed by atoms with Crippen molar-refractivity contribution in [2.24, 2.45) is 0 Å². The van der Waals surface area contributed by atoms with Crippen molar-refractivity contribution < 1.29 is 18.7 Å². The Bertz CT molecular complexity index is 1480. The molecule has 2 heterocycles. The van der Waals surface area contributed by atoms with Crippen LogP contribution in [0.4, 0.5) is 5.69 Å². The minimum absolute atomic E-state index is 0.0681. The van der Waals surface area contributed by atoms with Gasteiger partial charge in [0.15, 0.2) is 5.43 Å². The summed E-state index contributed by atoms with van der Waals surface area (Å²) in [5.74, 6) is 1.18. The molecular formula is C30H28BrNO5. The van der Waals surface area contributed by atoms with Crippen LogP contribution in [-0.4, -0.2) is 19.1 Å². The van der Waals surface area contributed by atoms with Crippen LogP contribution in [0.5, 0.6) is 11.5 Å². The number of hydrogen-bond donors (Lipinski definition) is 0. The summed E-state index contributed by atoms with van der Waals surface area (Å²) in [5, 5.41) is 0.426. The molecule has 0 radical (unpaired) electrons. The van der Waals surface area contributed by atoms with E-state index in [0.29, 0.717) is 41.2 Å². The lowest BCUT2D eigenvalue weighted by Gasteiger charge is -2.25. The van der Waals surface area contributed by atoms with Crippen LogP contribution >= 0.6 is 15.9 Å². The standard InChI is InChI=1S/C30H28BrNO5/c1-3-5-6-17-36-23-12-7-19(8-13-23)27-26-28(33)24-18-20(31)9-16-25(24)37-29(26)30(34)32(27)21-10-14-22(15-11-21)35-4-2/h7-16,18,27H,3-6,17H2,1-2H3. The van der Waals surface area contributed by atoms with Crippen LogP contribution in [0.3, 0.4) is 0 Å². The number of rotatable bonds is 9. The zero-order valence-electron chi connectivity index (χ0n) is 20.8. The van der Waals surface area contributed by atoms with Crippen LogP contribution < -0.4 is 19.8 Å². The number of amides is 1. The van der Waals surface area contributed by atoms with Crippen molar-refractivity contribution in [2.75, 3.05) is 18.1 Å². The van der Waals surface area contributed by atoms with E-state index in [9.17, 15) is 9.59 Å². The van der Waals surface area contributed by atoms with Crippen LogP contribution in [-0.2, 0) is 0 Å². The summed E-state index contributed by atoms with van der Waals surface area (Å²) in [7, 11) is 0. The Labute approximate surface area is 223 Å². The van der Waals surface area contributed by atoms with E-state index in [2.05, 4.69) is 22.9 Å². The normalized spacial score (nSPS) is 14.7. The Morgan fingerprint density at radius 3 is 2.30 bits per heavy atom. The molecular weight excluding hydrogens is 534 g/mol. The molecule has 1 atom stereocenters. The van der Waals surface area contributed by atoms with Crippen molar-refractivity contribution in [1.29, 1.82) is 0 Å². The van der Waals surface area contributed by atoms with Gasteiger partial charge >= 0.3 is 0 Å². The molecule has 0 saturated carbocycles. The first kappa shape index (κ1) is 25.1. The minimum Gasteiger partial charge on any atom is -0.494 e. The van der Waals surface area contributed by atoms with E-state index in [0.717, 1.165) is 35.0 Å². The summed E-state index contributed by atoms with van der Waals surface area (Å²) in [6.07, 6.45) is 3.25. The molecule has 1 aliphatic heterocycles. The molecule has 3 aromatic carbocycles. The molecule has 1 unspecified atom stereocenters. The van der Waals surface area contributed by atoms with Gasteiger partial charge in [-0.25, -0.2) is 0 Å². The molecule has 0 spiro atoms. The first-order chi connectivity index (χ1) is 18.0. The van der Waals surface area contributed by atoms with Gasteiger partial charge in [-0.05, 0) is 73.5 Å². The SMILES string of the molecule is CCCCCOc1ccc(C2c3c(oc4ccc(Br)cc4c3=O)C(=O)N2c2ccc(OCC)cc2)cc1. The first-order valence-electron chi connectivity index (χ1n) is 12.6. The second-order valence-corrected chi connectivity index (χ2v) is 9.86. The largest absolute Gasteiger partial charge is 0.494 e. The average molecular weight is 562 g/mol.